The van der Waals surface area contributed by atoms with E-state index in [1.54, 1.807) is 45.2 Å². The Morgan fingerprint density at radius 2 is 1.82 bits per heavy atom. The van der Waals surface area contributed by atoms with Crippen LogP contribution in [0.4, 0.5) is 13.2 Å². The molecule has 1 aromatic rings. The maximum atomic E-state index is 11.9. The van der Waals surface area contributed by atoms with Gasteiger partial charge in [0.2, 0.25) is 5.82 Å². The number of alkyl halides is 3. The van der Waals surface area contributed by atoms with E-state index in [9.17, 15) is 13.2 Å². The molecule has 0 fully saturated rings. The molecule has 0 unspecified atom stereocenters. The number of aromatic amines is 1. The van der Waals surface area contributed by atoms with Crippen molar-refractivity contribution in [2.45, 2.75) is 6.18 Å². The largest absolute Gasteiger partial charge is 0.449 e. The minimum atomic E-state index is -4.37. The first-order chi connectivity index (χ1) is 4.91. The van der Waals surface area contributed by atoms with Gasteiger partial charge in [-0.25, -0.2) is 4.98 Å². The molecule has 2 nitrogen and oxygen atoms in total. The van der Waals surface area contributed by atoms with Crippen LogP contribution in [0, 0.1) is 7.40 Å². The Labute approximate surface area is 87.2 Å². The van der Waals surface area contributed by atoms with Gasteiger partial charge >= 0.3 is 6.18 Å². The molecule has 0 amide bonds. The molecule has 62 valence electrons. The third-order valence-electron chi connectivity index (χ3n) is 0.888. The fourth-order valence-electron chi connectivity index (χ4n) is 0.465. The molecule has 0 saturated carbocycles. The minimum Gasteiger partial charge on any atom is -0.329 e. The van der Waals surface area contributed by atoms with Crippen LogP contribution in [0.25, 0.3) is 0 Å². The highest BCUT2D eigenvalue weighted by Crippen LogP contribution is 2.28. The lowest BCUT2D eigenvalue weighted by Gasteiger charge is -1.98. The predicted molar refractivity (Wildman–Crippen MR) is 49.0 cm³/mol. The number of hydrogen-bond donors (Lipinski definition) is 1. The maximum absolute atomic E-state index is 11.9. The van der Waals surface area contributed by atoms with Crippen LogP contribution in [0.1, 0.15) is 5.82 Å². The average Bonchev–Trinajstić information content (AvgIpc) is 2.11. The average molecular weight is 388 g/mol. The van der Waals surface area contributed by atoms with Crippen molar-refractivity contribution in [1.29, 1.82) is 0 Å². The normalized spacial score (nSPS) is 12.1. The van der Waals surface area contributed by atoms with Crippen LogP contribution < -0.4 is 0 Å². The Bertz CT molecular complexity index is 247. The minimum absolute atomic E-state index is 0.343. The Balaban J connectivity index is 3.08. The highest BCUT2D eigenvalue weighted by Gasteiger charge is 2.35. The Kier molecular flexibility index (Phi) is 2.67. The fraction of sp³-hybridized carbons (Fsp3) is 0.250. The zero-order valence-corrected chi connectivity index (χ0v) is 9.15. The van der Waals surface area contributed by atoms with Gasteiger partial charge in [-0.05, 0) is 45.2 Å². The van der Waals surface area contributed by atoms with Gasteiger partial charge < -0.3 is 4.98 Å². The Hall–Kier alpha value is 0.460. The van der Waals surface area contributed by atoms with E-state index in [4.69, 9.17) is 0 Å². The van der Waals surface area contributed by atoms with Gasteiger partial charge in [0.25, 0.3) is 0 Å². The van der Waals surface area contributed by atoms with E-state index in [0.717, 1.165) is 0 Å². The second-order valence-corrected chi connectivity index (χ2v) is 3.79. The number of rotatable bonds is 0. The SMILES string of the molecule is FC(F)(F)c1nc(I)c(I)[nH]1. The van der Waals surface area contributed by atoms with Crippen LogP contribution in [0.5, 0.6) is 0 Å². The molecule has 0 radical (unpaired) electrons. The van der Waals surface area contributed by atoms with Crippen molar-refractivity contribution < 1.29 is 13.2 Å². The van der Waals surface area contributed by atoms with E-state index in [1.807, 2.05) is 0 Å². The van der Waals surface area contributed by atoms with Crippen molar-refractivity contribution in [2.24, 2.45) is 0 Å². The molecule has 0 atom stereocenters. The summed E-state index contributed by atoms with van der Waals surface area (Å²) >= 11 is 3.49. The zero-order valence-electron chi connectivity index (χ0n) is 4.84. The number of nitrogens with one attached hydrogen (secondary N) is 1. The van der Waals surface area contributed by atoms with Crippen molar-refractivity contribution >= 4 is 45.2 Å². The van der Waals surface area contributed by atoms with Crippen LogP contribution in [0.2, 0.25) is 0 Å². The molecule has 0 aliphatic carbocycles. The summed E-state index contributed by atoms with van der Waals surface area (Å²) in [4.78, 5) is 5.41. The third-order valence-corrected chi connectivity index (χ3v) is 3.48. The summed E-state index contributed by atoms with van der Waals surface area (Å²) in [6.07, 6.45) is -4.37. The summed E-state index contributed by atoms with van der Waals surface area (Å²) in [7, 11) is 0. The molecule has 1 heterocycles. The lowest BCUT2D eigenvalue weighted by Crippen LogP contribution is -2.07. The lowest BCUT2D eigenvalue weighted by molar-refractivity contribution is -0.144. The van der Waals surface area contributed by atoms with Crippen LogP contribution in [-0.4, -0.2) is 9.97 Å². The molecule has 0 spiro atoms. The highest BCUT2D eigenvalue weighted by molar-refractivity contribution is 14.1. The first kappa shape index (κ1) is 9.55. The second-order valence-electron chi connectivity index (χ2n) is 1.69. The number of aromatic nitrogens is 2. The third kappa shape index (κ3) is 2.20. The number of halogens is 5. The lowest BCUT2D eigenvalue weighted by atomic mass is 10.6. The molecule has 1 N–H and O–H groups in total. The van der Waals surface area contributed by atoms with Crippen molar-refractivity contribution in [1.82, 2.24) is 9.97 Å². The molecule has 11 heavy (non-hydrogen) atoms. The van der Waals surface area contributed by atoms with Crippen molar-refractivity contribution in [3.8, 4) is 0 Å². The molecular weight excluding hydrogens is 387 g/mol. The van der Waals surface area contributed by atoms with Crippen LogP contribution in [0.3, 0.4) is 0 Å². The molecule has 0 aliphatic rings. The van der Waals surface area contributed by atoms with Crippen LogP contribution >= 0.6 is 45.2 Å². The van der Waals surface area contributed by atoms with Gasteiger partial charge in [0.15, 0.2) is 0 Å². The highest BCUT2D eigenvalue weighted by atomic mass is 127. The van der Waals surface area contributed by atoms with Gasteiger partial charge in [-0.15, -0.1) is 0 Å². The topological polar surface area (TPSA) is 28.7 Å². The summed E-state index contributed by atoms with van der Waals surface area (Å²) in [5.74, 6) is -0.939. The molecule has 0 aliphatic heterocycles. The quantitative estimate of drug-likeness (QED) is 0.681. The maximum Gasteiger partial charge on any atom is 0.449 e. The second kappa shape index (κ2) is 3.07. The first-order valence-electron chi connectivity index (χ1n) is 2.39. The van der Waals surface area contributed by atoms with Gasteiger partial charge in [0, 0.05) is 0 Å². The Morgan fingerprint density at radius 1 is 1.27 bits per heavy atom. The van der Waals surface area contributed by atoms with Crippen molar-refractivity contribution in [3.63, 3.8) is 0 Å². The smallest absolute Gasteiger partial charge is 0.329 e. The molecular formula is C4HF3I2N2. The van der Waals surface area contributed by atoms with E-state index in [0.29, 0.717) is 7.40 Å². The standard InChI is InChI=1S/C4HF3I2N2/c5-4(6,7)3-10-1(8)2(9)11-3/h(H,10,11). The summed E-state index contributed by atoms with van der Waals surface area (Å²) < 4.78 is 36.4. The van der Waals surface area contributed by atoms with Crippen molar-refractivity contribution in [2.75, 3.05) is 0 Å². The molecule has 0 bridgehead atoms. The van der Waals surface area contributed by atoms with Crippen molar-refractivity contribution in [3.05, 3.63) is 13.2 Å². The van der Waals surface area contributed by atoms with Crippen LogP contribution in [-0.2, 0) is 6.18 Å². The summed E-state index contributed by atoms with van der Waals surface area (Å²) in [5, 5.41) is 0. The molecule has 1 rings (SSSR count). The Morgan fingerprint density at radius 3 is 2.00 bits per heavy atom. The molecule has 1 aromatic heterocycles. The summed E-state index contributed by atoms with van der Waals surface area (Å²) in [5.41, 5.74) is 0. The number of nitrogens with zero attached hydrogens (tertiary/aromatic N) is 1. The monoisotopic (exact) mass is 388 g/mol. The number of hydrogen-bond acceptors (Lipinski definition) is 1. The fourth-order valence-corrected chi connectivity index (χ4v) is 1.22. The van der Waals surface area contributed by atoms with Gasteiger partial charge in [0.1, 0.15) is 7.40 Å². The first-order valence-corrected chi connectivity index (χ1v) is 4.55. The van der Waals surface area contributed by atoms with Gasteiger partial charge in [-0.3, -0.25) is 0 Å². The number of imidazole rings is 1. The zero-order chi connectivity index (χ0) is 8.65. The van der Waals surface area contributed by atoms with E-state index in [-0.39, 0.29) is 0 Å². The summed E-state index contributed by atoms with van der Waals surface area (Å²) in [6.45, 7) is 0. The van der Waals surface area contributed by atoms with E-state index < -0.39 is 12.0 Å². The molecule has 0 aromatic carbocycles. The van der Waals surface area contributed by atoms with E-state index in [1.165, 1.54) is 0 Å². The molecule has 0 saturated heterocycles. The van der Waals surface area contributed by atoms with E-state index in [2.05, 4.69) is 9.97 Å². The van der Waals surface area contributed by atoms with Gasteiger partial charge in [-0.2, -0.15) is 13.2 Å². The summed E-state index contributed by atoms with van der Waals surface area (Å²) in [6, 6.07) is 0. The van der Waals surface area contributed by atoms with Crippen LogP contribution in [0.15, 0.2) is 0 Å². The van der Waals surface area contributed by atoms with Gasteiger partial charge in [-0.1, -0.05) is 0 Å². The number of H-pyrrole nitrogens is 1. The van der Waals surface area contributed by atoms with E-state index >= 15 is 0 Å². The molecule has 7 heteroatoms. The predicted octanol–water partition coefficient (Wildman–Crippen LogP) is 2.64. The van der Waals surface area contributed by atoms with Gasteiger partial charge in [0.05, 0.1) is 0 Å².